The number of ether oxygens (including phenoxy) is 1. The van der Waals surface area contributed by atoms with E-state index in [9.17, 15) is 4.79 Å². The summed E-state index contributed by atoms with van der Waals surface area (Å²) < 4.78 is 9.76. The van der Waals surface area contributed by atoms with Crippen LogP contribution in [0.5, 0.6) is 5.75 Å². The van der Waals surface area contributed by atoms with E-state index >= 15 is 0 Å². The number of nitrogens with zero attached hydrogens (tertiary/aromatic N) is 4. The van der Waals surface area contributed by atoms with Crippen LogP contribution in [0, 0.1) is 20.8 Å². The van der Waals surface area contributed by atoms with Crippen molar-refractivity contribution in [2.75, 3.05) is 0 Å². The summed E-state index contributed by atoms with van der Waals surface area (Å²) in [7, 11) is 0. The maximum absolute atomic E-state index is 13.6. The van der Waals surface area contributed by atoms with Crippen molar-refractivity contribution in [3.05, 3.63) is 123 Å². The molecule has 0 aliphatic heterocycles. The highest BCUT2D eigenvalue weighted by Gasteiger charge is 2.22. The predicted octanol–water partition coefficient (Wildman–Crippen LogP) is 7.62. The van der Waals surface area contributed by atoms with E-state index < -0.39 is 0 Å². The number of aryl methyl sites for hydroxylation is 2. The summed E-state index contributed by atoms with van der Waals surface area (Å²) in [6.07, 6.45) is 7.45. The van der Waals surface area contributed by atoms with Crippen LogP contribution in [0.1, 0.15) is 71.9 Å². The molecule has 0 N–H and O–H groups in total. The van der Waals surface area contributed by atoms with Gasteiger partial charge in [0.1, 0.15) is 18.2 Å². The molecule has 0 radical (unpaired) electrons. The summed E-state index contributed by atoms with van der Waals surface area (Å²) in [5.41, 5.74) is 7.19. The summed E-state index contributed by atoms with van der Waals surface area (Å²) in [5, 5.41) is 5.36. The SMILES string of the molecule is Cc1ccc(COc2ccc(-n3c(C)cc(C=Nn4c(C5CCCCC5)nc5ccccc5c4=O)c3C)cc2)cc1. The van der Waals surface area contributed by atoms with Crippen LogP contribution in [-0.4, -0.2) is 20.4 Å². The molecule has 3 aromatic carbocycles. The summed E-state index contributed by atoms with van der Waals surface area (Å²) in [4.78, 5) is 18.5. The van der Waals surface area contributed by atoms with E-state index in [4.69, 9.17) is 14.8 Å². The first-order valence-electron chi connectivity index (χ1n) is 14.5. The lowest BCUT2D eigenvalue weighted by molar-refractivity contribution is 0.306. The molecule has 1 fully saturated rings. The van der Waals surface area contributed by atoms with Crippen LogP contribution in [0.2, 0.25) is 0 Å². The first-order chi connectivity index (χ1) is 20.0. The molecule has 0 spiro atoms. The minimum absolute atomic E-state index is 0.109. The molecule has 208 valence electrons. The zero-order valence-electron chi connectivity index (χ0n) is 24.0. The molecule has 5 aromatic rings. The Labute approximate surface area is 241 Å². The Morgan fingerprint density at radius 3 is 2.41 bits per heavy atom. The molecular formula is C35H36N4O2. The lowest BCUT2D eigenvalue weighted by Gasteiger charge is -2.22. The van der Waals surface area contributed by atoms with Gasteiger partial charge in [-0.3, -0.25) is 4.79 Å². The molecule has 0 atom stereocenters. The van der Waals surface area contributed by atoms with Crippen LogP contribution < -0.4 is 10.3 Å². The standard InChI is InChI=1S/C35H36N4O2/c1-24-13-15-27(16-14-24)23-41-31-19-17-30(18-20-31)38-25(2)21-29(26(38)3)22-36-39-34(28-9-5-4-6-10-28)37-33-12-8-7-11-32(33)35(39)40/h7-8,11-22,28H,4-6,9-10,23H2,1-3H3. The highest BCUT2D eigenvalue weighted by molar-refractivity contribution is 5.82. The lowest BCUT2D eigenvalue weighted by atomic mass is 9.88. The maximum atomic E-state index is 13.6. The average molecular weight is 545 g/mol. The fourth-order valence-electron chi connectivity index (χ4n) is 5.86. The van der Waals surface area contributed by atoms with Crippen LogP contribution >= 0.6 is 0 Å². The molecule has 0 amide bonds. The third-order valence-corrected chi connectivity index (χ3v) is 8.15. The third-order valence-electron chi connectivity index (χ3n) is 8.15. The molecule has 0 saturated heterocycles. The Morgan fingerprint density at radius 1 is 0.927 bits per heavy atom. The summed E-state index contributed by atoms with van der Waals surface area (Å²) >= 11 is 0. The van der Waals surface area contributed by atoms with Crippen LogP contribution in [0.25, 0.3) is 16.6 Å². The zero-order chi connectivity index (χ0) is 28.3. The molecule has 1 saturated carbocycles. The normalized spacial score (nSPS) is 14.2. The molecular weight excluding hydrogens is 508 g/mol. The Morgan fingerprint density at radius 2 is 1.66 bits per heavy atom. The van der Waals surface area contributed by atoms with Gasteiger partial charge in [0.15, 0.2) is 0 Å². The Balaban J connectivity index is 1.27. The van der Waals surface area contributed by atoms with Gasteiger partial charge >= 0.3 is 0 Å². The summed E-state index contributed by atoms with van der Waals surface area (Å²) in [5.74, 6) is 1.86. The monoisotopic (exact) mass is 544 g/mol. The van der Waals surface area contributed by atoms with Gasteiger partial charge < -0.3 is 9.30 Å². The molecule has 0 bridgehead atoms. The van der Waals surface area contributed by atoms with Crippen molar-refractivity contribution in [2.45, 2.75) is 65.4 Å². The van der Waals surface area contributed by atoms with Gasteiger partial charge in [0.25, 0.3) is 5.56 Å². The average Bonchev–Trinajstić information content (AvgIpc) is 3.29. The highest BCUT2D eigenvalue weighted by Crippen LogP contribution is 2.32. The summed E-state index contributed by atoms with van der Waals surface area (Å²) in [6, 6.07) is 26.2. The van der Waals surface area contributed by atoms with E-state index in [-0.39, 0.29) is 11.5 Å². The van der Waals surface area contributed by atoms with E-state index in [1.165, 1.54) is 12.0 Å². The Bertz CT molecular complexity index is 1760. The van der Waals surface area contributed by atoms with Crippen LogP contribution in [0.4, 0.5) is 0 Å². The van der Waals surface area contributed by atoms with Crippen molar-refractivity contribution in [2.24, 2.45) is 5.10 Å². The fraction of sp³-hybridized carbons (Fsp3) is 0.286. The largest absolute Gasteiger partial charge is 0.489 e. The zero-order valence-corrected chi connectivity index (χ0v) is 24.0. The molecule has 41 heavy (non-hydrogen) atoms. The lowest BCUT2D eigenvalue weighted by Crippen LogP contribution is -2.25. The third kappa shape index (κ3) is 5.60. The van der Waals surface area contributed by atoms with Crippen molar-refractivity contribution in [1.82, 2.24) is 14.2 Å². The van der Waals surface area contributed by atoms with E-state index in [1.54, 1.807) is 4.68 Å². The number of benzene rings is 3. The number of hydrogen-bond donors (Lipinski definition) is 0. The van der Waals surface area contributed by atoms with E-state index in [1.807, 2.05) is 42.6 Å². The molecule has 6 heteroatoms. The van der Waals surface area contributed by atoms with Gasteiger partial charge in [-0.1, -0.05) is 61.2 Å². The van der Waals surface area contributed by atoms with Crippen molar-refractivity contribution in [3.63, 3.8) is 0 Å². The van der Waals surface area contributed by atoms with Gasteiger partial charge in [-0.15, -0.1) is 0 Å². The minimum Gasteiger partial charge on any atom is -0.489 e. The molecule has 0 unspecified atom stereocenters. The Kier molecular flexibility index (Phi) is 7.55. The minimum atomic E-state index is -0.109. The van der Waals surface area contributed by atoms with E-state index in [2.05, 4.69) is 67.8 Å². The predicted molar refractivity (Wildman–Crippen MR) is 166 cm³/mol. The highest BCUT2D eigenvalue weighted by atomic mass is 16.5. The van der Waals surface area contributed by atoms with Crippen molar-refractivity contribution >= 4 is 17.1 Å². The van der Waals surface area contributed by atoms with Gasteiger partial charge in [0.05, 0.1) is 17.1 Å². The second kappa shape index (κ2) is 11.6. The number of fused-ring (bicyclic) bond motifs is 1. The van der Waals surface area contributed by atoms with Crippen LogP contribution in [0.15, 0.2) is 88.8 Å². The first kappa shape index (κ1) is 26.8. The molecule has 6 nitrogen and oxygen atoms in total. The van der Waals surface area contributed by atoms with Gasteiger partial charge in [0.2, 0.25) is 0 Å². The number of rotatable bonds is 7. The summed E-state index contributed by atoms with van der Waals surface area (Å²) in [6.45, 7) is 6.79. The van der Waals surface area contributed by atoms with E-state index in [0.717, 1.165) is 71.0 Å². The van der Waals surface area contributed by atoms with Gasteiger partial charge in [-0.25, -0.2) is 4.98 Å². The smallest absolute Gasteiger partial charge is 0.282 e. The van der Waals surface area contributed by atoms with Crippen LogP contribution in [0.3, 0.4) is 0 Å². The molecule has 2 aromatic heterocycles. The van der Waals surface area contributed by atoms with E-state index in [0.29, 0.717) is 12.0 Å². The second-order valence-electron chi connectivity index (χ2n) is 11.1. The topological polar surface area (TPSA) is 61.4 Å². The van der Waals surface area contributed by atoms with Gasteiger partial charge in [-0.05, 0) is 81.6 Å². The molecule has 1 aliphatic rings. The van der Waals surface area contributed by atoms with Crippen molar-refractivity contribution < 1.29 is 4.74 Å². The number of para-hydroxylation sites is 1. The number of aromatic nitrogens is 3. The van der Waals surface area contributed by atoms with Gasteiger partial charge in [0, 0.05) is 28.6 Å². The second-order valence-corrected chi connectivity index (χ2v) is 11.1. The van der Waals surface area contributed by atoms with Gasteiger partial charge in [-0.2, -0.15) is 9.78 Å². The van der Waals surface area contributed by atoms with Crippen LogP contribution in [-0.2, 0) is 6.61 Å². The quantitative estimate of drug-likeness (QED) is 0.198. The first-order valence-corrected chi connectivity index (χ1v) is 14.5. The Hall–Kier alpha value is -4.45. The number of hydrogen-bond acceptors (Lipinski definition) is 4. The molecule has 6 rings (SSSR count). The fourth-order valence-corrected chi connectivity index (χ4v) is 5.86. The van der Waals surface area contributed by atoms with Crippen molar-refractivity contribution in [1.29, 1.82) is 0 Å². The maximum Gasteiger partial charge on any atom is 0.282 e. The molecule has 2 heterocycles. The van der Waals surface area contributed by atoms with Crippen molar-refractivity contribution in [3.8, 4) is 11.4 Å². The molecule has 1 aliphatic carbocycles.